The number of hydrogen-bond donors (Lipinski definition) is 3. The summed E-state index contributed by atoms with van der Waals surface area (Å²) in [6, 6.07) is 5.77. The van der Waals surface area contributed by atoms with Crippen LogP contribution in [0.5, 0.6) is 5.75 Å². The van der Waals surface area contributed by atoms with Gasteiger partial charge >= 0.3 is 5.92 Å². The predicted octanol–water partition coefficient (Wildman–Crippen LogP) is 1.81. The second-order valence-electron chi connectivity index (χ2n) is 7.19. The molecule has 0 spiro atoms. The Morgan fingerprint density at radius 2 is 2.03 bits per heavy atom. The van der Waals surface area contributed by atoms with E-state index in [0.717, 1.165) is 30.7 Å². The van der Waals surface area contributed by atoms with Crippen LogP contribution in [0.15, 0.2) is 41.6 Å². The summed E-state index contributed by atoms with van der Waals surface area (Å²) in [6.45, 7) is 3.34. The molecule has 1 aromatic carbocycles. The highest BCUT2D eigenvalue weighted by Gasteiger charge is 2.58. The third-order valence-electron chi connectivity index (χ3n) is 4.23. The van der Waals surface area contributed by atoms with E-state index in [2.05, 4.69) is 19.3 Å². The second kappa shape index (κ2) is 9.59. The third kappa shape index (κ3) is 5.19. The summed E-state index contributed by atoms with van der Waals surface area (Å²) in [7, 11) is 2.25. The van der Waals surface area contributed by atoms with Crippen LogP contribution >= 0.6 is 9.24 Å². The highest BCUT2D eigenvalue weighted by Crippen LogP contribution is 2.46. The number of nitrogens with two attached hydrogens (primary N) is 2. The molecule has 0 bridgehead atoms. The highest BCUT2D eigenvalue weighted by atomic mass is 31.0. The number of aliphatic hydroxyl groups is 1. The minimum Gasteiger partial charge on any atom is -0.492 e. The Balaban J connectivity index is 2.50. The quantitative estimate of drug-likeness (QED) is 0.179. The largest absolute Gasteiger partial charge is 0.492 e. The predicted molar refractivity (Wildman–Crippen MR) is 112 cm³/mol. The monoisotopic (exact) mass is 443 g/mol. The van der Waals surface area contributed by atoms with E-state index in [1.165, 1.54) is 12.1 Å². The minimum atomic E-state index is -4.03. The number of benzene rings is 1. The van der Waals surface area contributed by atoms with Gasteiger partial charge in [-0.1, -0.05) is 26.0 Å². The first-order chi connectivity index (χ1) is 14.0. The van der Waals surface area contributed by atoms with Gasteiger partial charge in [0.1, 0.15) is 23.6 Å². The van der Waals surface area contributed by atoms with Gasteiger partial charge < -0.3 is 15.7 Å². The molecule has 0 aliphatic rings. The van der Waals surface area contributed by atoms with Crippen molar-refractivity contribution in [2.75, 3.05) is 13.2 Å². The van der Waals surface area contributed by atoms with Crippen LogP contribution in [0.25, 0.3) is 0 Å². The van der Waals surface area contributed by atoms with Crippen molar-refractivity contribution in [3.8, 4) is 5.75 Å². The van der Waals surface area contributed by atoms with E-state index in [9.17, 15) is 9.50 Å². The van der Waals surface area contributed by atoms with Gasteiger partial charge in [0, 0.05) is 5.56 Å². The fourth-order valence-electron chi connectivity index (χ4n) is 2.74. The van der Waals surface area contributed by atoms with Crippen LogP contribution in [-0.2, 0) is 11.5 Å². The molecule has 0 radical (unpaired) electrons. The first kappa shape index (κ1) is 23.9. The molecule has 30 heavy (non-hydrogen) atoms. The van der Waals surface area contributed by atoms with Gasteiger partial charge in [0.05, 0.1) is 19.3 Å². The average Bonchev–Trinajstić information content (AvgIpc) is 2.66. The molecule has 164 valence electrons. The average molecular weight is 443 g/mol. The Morgan fingerprint density at radius 3 is 2.57 bits per heavy atom. The zero-order valence-corrected chi connectivity index (χ0v) is 17.8. The van der Waals surface area contributed by atoms with Crippen molar-refractivity contribution in [1.82, 2.24) is 9.99 Å². The molecule has 1 heterocycles. The molecule has 0 amide bonds. The molecule has 0 fully saturated rings. The minimum absolute atomic E-state index is 0.235. The summed E-state index contributed by atoms with van der Waals surface area (Å²) in [6.07, 6.45) is 1.95. The molecule has 0 saturated heterocycles. The van der Waals surface area contributed by atoms with Crippen molar-refractivity contribution in [1.29, 1.82) is 0 Å². The molecule has 2 aromatic rings. The lowest BCUT2D eigenvalue weighted by molar-refractivity contribution is -0.203. The SMILES string of the molecule is CC(C)COc1ccc(C(F)(F)C(O)(CN(N)/C=N\N)c2ccc(P)cc2F)nc1. The van der Waals surface area contributed by atoms with Gasteiger partial charge in [-0.3, -0.25) is 9.99 Å². The number of pyridine rings is 1. The van der Waals surface area contributed by atoms with Crippen molar-refractivity contribution >= 4 is 20.9 Å². The maximum Gasteiger partial charge on any atom is 0.323 e. The number of halogens is 3. The van der Waals surface area contributed by atoms with Gasteiger partial charge in [-0.25, -0.2) is 10.2 Å². The second-order valence-corrected chi connectivity index (χ2v) is 7.86. The lowest BCUT2D eigenvalue weighted by Gasteiger charge is -2.38. The Hall–Kier alpha value is -2.42. The lowest BCUT2D eigenvalue weighted by atomic mass is 9.84. The molecular formula is C19H25F3N5O2P. The maximum atomic E-state index is 15.5. The maximum absolute atomic E-state index is 15.5. The van der Waals surface area contributed by atoms with Gasteiger partial charge in [-0.05, 0) is 29.4 Å². The molecule has 7 nitrogen and oxygen atoms in total. The molecule has 1 aromatic heterocycles. The van der Waals surface area contributed by atoms with Crippen molar-refractivity contribution in [3.05, 3.63) is 53.6 Å². The Bertz CT molecular complexity index is 883. The fourth-order valence-corrected chi connectivity index (χ4v) is 2.98. The number of alkyl halides is 2. The summed E-state index contributed by atoms with van der Waals surface area (Å²) in [5, 5.41) is 15.3. The number of rotatable bonds is 9. The third-order valence-corrected chi connectivity index (χ3v) is 4.59. The van der Waals surface area contributed by atoms with Crippen LogP contribution in [-0.4, -0.2) is 34.6 Å². The number of hydrazone groups is 1. The first-order valence-electron chi connectivity index (χ1n) is 9.01. The number of hydrazine groups is 1. The summed E-state index contributed by atoms with van der Waals surface area (Å²) >= 11 is 0. The van der Waals surface area contributed by atoms with Crippen LogP contribution in [0.4, 0.5) is 13.2 Å². The topological polar surface area (TPSA) is 110 Å². The van der Waals surface area contributed by atoms with Crippen molar-refractivity contribution < 1.29 is 23.0 Å². The number of hydrogen-bond acceptors (Lipinski definition) is 6. The van der Waals surface area contributed by atoms with Crippen LogP contribution < -0.4 is 21.7 Å². The summed E-state index contributed by atoms with van der Waals surface area (Å²) in [4.78, 5) is 3.74. The van der Waals surface area contributed by atoms with E-state index in [1.54, 1.807) is 0 Å². The van der Waals surface area contributed by atoms with E-state index in [1.807, 2.05) is 13.8 Å². The molecule has 0 aliphatic carbocycles. The van der Waals surface area contributed by atoms with Crippen LogP contribution in [0.2, 0.25) is 0 Å². The van der Waals surface area contributed by atoms with E-state index in [0.29, 0.717) is 22.7 Å². The number of nitrogens with zero attached hydrogens (tertiary/aromatic N) is 3. The normalized spacial score (nSPS) is 14.2. The van der Waals surface area contributed by atoms with Gasteiger partial charge in [-0.15, -0.1) is 9.24 Å². The molecule has 0 aliphatic heterocycles. The zero-order chi connectivity index (χ0) is 22.5. The molecule has 2 rings (SSSR count). The van der Waals surface area contributed by atoms with Gasteiger partial charge in [0.25, 0.3) is 0 Å². The summed E-state index contributed by atoms with van der Waals surface area (Å²) in [5.41, 5.74) is -4.52. The molecular weight excluding hydrogens is 418 g/mol. The summed E-state index contributed by atoms with van der Waals surface area (Å²) < 4.78 is 51.1. The van der Waals surface area contributed by atoms with Gasteiger partial charge in [0.15, 0.2) is 5.60 Å². The van der Waals surface area contributed by atoms with Crippen LogP contribution in [0, 0.1) is 11.7 Å². The highest BCUT2D eigenvalue weighted by molar-refractivity contribution is 7.27. The van der Waals surface area contributed by atoms with Crippen molar-refractivity contribution in [2.45, 2.75) is 25.4 Å². The van der Waals surface area contributed by atoms with E-state index in [4.69, 9.17) is 16.4 Å². The van der Waals surface area contributed by atoms with Crippen molar-refractivity contribution in [2.24, 2.45) is 22.7 Å². The zero-order valence-electron chi connectivity index (χ0n) is 16.6. The fraction of sp³-hybridized carbons (Fsp3) is 0.368. The Labute approximate surface area is 175 Å². The van der Waals surface area contributed by atoms with Crippen molar-refractivity contribution in [3.63, 3.8) is 0 Å². The molecule has 2 unspecified atom stereocenters. The number of ether oxygens (including phenoxy) is 1. The van der Waals surface area contributed by atoms with Crippen LogP contribution in [0.3, 0.4) is 0 Å². The van der Waals surface area contributed by atoms with E-state index in [-0.39, 0.29) is 5.92 Å². The summed E-state index contributed by atoms with van der Waals surface area (Å²) in [5.74, 6) is 6.06. The first-order valence-corrected chi connectivity index (χ1v) is 9.58. The van der Waals surface area contributed by atoms with E-state index >= 15 is 8.78 Å². The Morgan fingerprint density at radius 1 is 1.33 bits per heavy atom. The Kier molecular flexibility index (Phi) is 7.63. The number of aromatic nitrogens is 1. The molecule has 2 atom stereocenters. The standard InChI is InChI=1S/C19H25F3N5O2P/c1-12(2)9-29-13-3-6-17(25-8-13)19(21,22)18(28,10-27(24)11-26-23)15-5-4-14(30)7-16(15)20/h3-8,11-12,28H,9-10,23-24,30H2,1-2H3/b26-11-. The van der Waals surface area contributed by atoms with Gasteiger partial charge in [-0.2, -0.15) is 13.9 Å². The smallest absolute Gasteiger partial charge is 0.323 e. The van der Waals surface area contributed by atoms with Crippen LogP contribution in [0.1, 0.15) is 25.1 Å². The van der Waals surface area contributed by atoms with E-state index < -0.39 is 35.1 Å². The molecule has 11 heteroatoms. The lowest BCUT2D eigenvalue weighted by Crippen LogP contribution is -2.54. The van der Waals surface area contributed by atoms with Gasteiger partial charge in [0.2, 0.25) is 0 Å². The molecule has 5 N–H and O–H groups in total. The molecule has 0 saturated carbocycles.